The van der Waals surface area contributed by atoms with Crippen molar-refractivity contribution >= 4 is 16.3 Å². The Labute approximate surface area is 121 Å². The zero-order valence-corrected chi connectivity index (χ0v) is 12.3. The van der Waals surface area contributed by atoms with E-state index in [2.05, 4.69) is 21.9 Å². The molecule has 0 spiro atoms. The largest absolute Gasteiger partial charge is 0.327 e. The topological polar surface area (TPSA) is 76.5 Å². The van der Waals surface area contributed by atoms with E-state index >= 15 is 0 Å². The summed E-state index contributed by atoms with van der Waals surface area (Å²) in [6.07, 6.45) is 3.54. The van der Waals surface area contributed by atoms with Crippen LogP contribution < -0.4 is 11.3 Å². The molecule has 0 radical (unpaired) electrons. The fraction of sp³-hybridized carbons (Fsp3) is 0.615. The third-order valence-corrected chi connectivity index (χ3v) is 4.55. The molecule has 1 fully saturated rings. The van der Waals surface area contributed by atoms with E-state index in [9.17, 15) is 4.79 Å². The third kappa shape index (κ3) is 2.61. The lowest BCUT2D eigenvalue weighted by atomic mass is 9.97. The summed E-state index contributed by atoms with van der Waals surface area (Å²) in [5, 5.41) is 3.98. The number of aromatic nitrogens is 3. The van der Waals surface area contributed by atoms with Gasteiger partial charge in [0.15, 0.2) is 0 Å². The lowest BCUT2D eigenvalue weighted by Crippen LogP contribution is -2.48. The zero-order chi connectivity index (χ0) is 14.1. The molecule has 0 aromatic carbocycles. The van der Waals surface area contributed by atoms with E-state index in [1.807, 2.05) is 0 Å². The van der Waals surface area contributed by atoms with Gasteiger partial charge in [0.1, 0.15) is 5.51 Å². The number of likely N-dealkylation sites (tertiary alicyclic amines) is 1. The highest BCUT2D eigenvalue weighted by atomic mass is 32.1. The van der Waals surface area contributed by atoms with Crippen molar-refractivity contribution in [1.82, 2.24) is 19.5 Å². The van der Waals surface area contributed by atoms with Crippen LogP contribution in [0, 0.1) is 0 Å². The molecule has 3 heterocycles. The molecule has 1 aliphatic rings. The summed E-state index contributed by atoms with van der Waals surface area (Å²) in [5.41, 5.74) is 8.42. The molecule has 20 heavy (non-hydrogen) atoms. The Bertz CT molecular complexity index is 649. The van der Waals surface area contributed by atoms with Crippen LogP contribution in [0.3, 0.4) is 0 Å². The average Bonchev–Trinajstić information content (AvgIpc) is 2.88. The molecule has 6 nitrogen and oxygen atoms in total. The second kappa shape index (κ2) is 5.59. The molecule has 2 N–H and O–H groups in total. The van der Waals surface area contributed by atoms with Crippen molar-refractivity contribution in [2.75, 3.05) is 6.54 Å². The van der Waals surface area contributed by atoms with Gasteiger partial charge in [-0.05, 0) is 26.3 Å². The van der Waals surface area contributed by atoms with E-state index in [0.717, 1.165) is 18.7 Å². The van der Waals surface area contributed by atoms with Crippen molar-refractivity contribution in [2.45, 2.75) is 44.8 Å². The van der Waals surface area contributed by atoms with Crippen LogP contribution in [0.25, 0.3) is 4.96 Å². The second-order valence-corrected chi connectivity index (χ2v) is 6.22. The van der Waals surface area contributed by atoms with Gasteiger partial charge < -0.3 is 5.73 Å². The number of hydrogen-bond acceptors (Lipinski definition) is 6. The predicted molar refractivity (Wildman–Crippen MR) is 78.8 cm³/mol. The van der Waals surface area contributed by atoms with E-state index in [-0.39, 0.29) is 11.6 Å². The minimum absolute atomic E-state index is 0.111. The van der Waals surface area contributed by atoms with Gasteiger partial charge in [-0.3, -0.25) is 9.69 Å². The van der Waals surface area contributed by atoms with Gasteiger partial charge in [0.25, 0.3) is 5.56 Å². The summed E-state index contributed by atoms with van der Waals surface area (Å²) >= 11 is 1.38. The van der Waals surface area contributed by atoms with Crippen LogP contribution in [0.1, 0.15) is 31.9 Å². The van der Waals surface area contributed by atoms with E-state index in [1.54, 1.807) is 11.6 Å². The van der Waals surface area contributed by atoms with Crippen LogP contribution in [-0.2, 0) is 6.54 Å². The fourth-order valence-electron chi connectivity index (χ4n) is 2.90. The Morgan fingerprint density at radius 1 is 1.55 bits per heavy atom. The maximum Gasteiger partial charge on any atom is 0.275 e. The number of hydrogen-bond donors (Lipinski definition) is 1. The van der Waals surface area contributed by atoms with Gasteiger partial charge >= 0.3 is 0 Å². The van der Waals surface area contributed by atoms with Crippen molar-refractivity contribution in [3.05, 3.63) is 27.6 Å². The van der Waals surface area contributed by atoms with Crippen LogP contribution in [0.2, 0.25) is 0 Å². The molecule has 108 valence electrons. The molecule has 0 saturated carbocycles. The highest BCUT2D eigenvalue weighted by Gasteiger charge is 2.25. The normalized spacial score (nSPS) is 22.2. The summed E-state index contributed by atoms with van der Waals surface area (Å²) in [6, 6.07) is 2.11. The monoisotopic (exact) mass is 293 g/mol. The smallest absolute Gasteiger partial charge is 0.275 e. The van der Waals surface area contributed by atoms with Crippen LogP contribution in [0.4, 0.5) is 0 Å². The Morgan fingerprint density at radius 3 is 3.20 bits per heavy atom. The van der Waals surface area contributed by atoms with Crippen molar-refractivity contribution in [3.63, 3.8) is 0 Å². The SMILES string of the molecule is CC(N)C1CCCCN1Cc1cc(=O)n2ncsc2n1. The molecular formula is C13H19N5OS. The van der Waals surface area contributed by atoms with Crippen molar-refractivity contribution in [2.24, 2.45) is 5.73 Å². The van der Waals surface area contributed by atoms with Crippen molar-refractivity contribution in [3.8, 4) is 0 Å². The molecule has 0 aliphatic carbocycles. The number of nitrogens with zero attached hydrogens (tertiary/aromatic N) is 4. The first-order valence-corrected chi connectivity index (χ1v) is 7.85. The lowest BCUT2D eigenvalue weighted by molar-refractivity contribution is 0.121. The molecule has 1 aliphatic heterocycles. The number of rotatable bonds is 3. The molecule has 0 amide bonds. The molecule has 2 atom stereocenters. The minimum atomic E-state index is -0.111. The number of fused-ring (bicyclic) bond motifs is 1. The predicted octanol–water partition coefficient (Wildman–Crippen LogP) is 0.853. The molecule has 2 aromatic rings. The molecule has 2 aromatic heterocycles. The Kier molecular flexibility index (Phi) is 3.82. The first-order chi connectivity index (χ1) is 9.65. The molecule has 0 bridgehead atoms. The van der Waals surface area contributed by atoms with Gasteiger partial charge in [-0.2, -0.15) is 9.61 Å². The van der Waals surface area contributed by atoms with Crippen molar-refractivity contribution < 1.29 is 0 Å². The first-order valence-electron chi connectivity index (χ1n) is 6.97. The molecule has 7 heteroatoms. The van der Waals surface area contributed by atoms with Crippen LogP contribution in [0.15, 0.2) is 16.4 Å². The zero-order valence-electron chi connectivity index (χ0n) is 11.5. The van der Waals surface area contributed by atoms with Gasteiger partial charge in [0.05, 0.1) is 5.69 Å². The van der Waals surface area contributed by atoms with E-state index < -0.39 is 0 Å². The Hall–Kier alpha value is -1.31. The molecular weight excluding hydrogens is 274 g/mol. The van der Waals surface area contributed by atoms with E-state index in [4.69, 9.17) is 5.73 Å². The van der Waals surface area contributed by atoms with Crippen molar-refractivity contribution in [1.29, 1.82) is 0 Å². The van der Waals surface area contributed by atoms with Gasteiger partial charge in [0, 0.05) is 24.7 Å². The second-order valence-electron chi connectivity index (χ2n) is 5.41. The van der Waals surface area contributed by atoms with Gasteiger partial charge in [-0.25, -0.2) is 4.98 Å². The summed E-state index contributed by atoms with van der Waals surface area (Å²) in [4.78, 5) is 19.5. The fourth-order valence-corrected chi connectivity index (χ4v) is 3.54. The van der Waals surface area contributed by atoms with Gasteiger partial charge in [-0.15, -0.1) is 0 Å². The summed E-state index contributed by atoms with van der Waals surface area (Å²) in [7, 11) is 0. The molecule has 3 rings (SSSR count). The minimum Gasteiger partial charge on any atom is -0.327 e. The third-order valence-electron chi connectivity index (χ3n) is 3.88. The van der Waals surface area contributed by atoms with Crippen LogP contribution in [0.5, 0.6) is 0 Å². The number of nitrogens with two attached hydrogens (primary N) is 1. The highest BCUT2D eigenvalue weighted by molar-refractivity contribution is 7.14. The lowest BCUT2D eigenvalue weighted by Gasteiger charge is -2.37. The average molecular weight is 293 g/mol. The molecule has 2 unspecified atom stereocenters. The Morgan fingerprint density at radius 2 is 2.40 bits per heavy atom. The number of piperidine rings is 1. The summed E-state index contributed by atoms with van der Waals surface area (Å²) < 4.78 is 1.34. The first kappa shape index (κ1) is 13.7. The van der Waals surface area contributed by atoms with Crippen LogP contribution in [-0.4, -0.2) is 38.1 Å². The summed E-state index contributed by atoms with van der Waals surface area (Å²) in [5.74, 6) is 0. The van der Waals surface area contributed by atoms with E-state index in [0.29, 0.717) is 17.5 Å². The quantitative estimate of drug-likeness (QED) is 0.908. The molecule has 1 saturated heterocycles. The maximum absolute atomic E-state index is 11.9. The maximum atomic E-state index is 11.9. The summed E-state index contributed by atoms with van der Waals surface area (Å²) in [6.45, 7) is 3.77. The van der Waals surface area contributed by atoms with E-state index in [1.165, 1.54) is 28.7 Å². The van der Waals surface area contributed by atoms with Crippen LogP contribution >= 0.6 is 11.3 Å². The van der Waals surface area contributed by atoms with Gasteiger partial charge in [-0.1, -0.05) is 17.8 Å². The Balaban J connectivity index is 1.86. The van der Waals surface area contributed by atoms with Gasteiger partial charge in [0.2, 0.25) is 4.96 Å². The standard InChI is InChI=1S/C13H19N5OS/c1-9(14)11-4-2-3-5-17(11)7-10-6-12(19)18-13(16-10)20-8-15-18/h6,8-9,11H,2-5,7,14H2,1H3. The highest BCUT2D eigenvalue weighted by Crippen LogP contribution is 2.20.